The molecule has 2 N–H and O–H groups in total. The first-order chi connectivity index (χ1) is 9.22. The maximum atomic E-state index is 12.0. The second kappa shape index (κ2) is 6.04. The summed E-state index contributed by atoms with van der Waals surface area (Å²) < 4.78 is 4.79. The number of carbonyl (C=O) groups excluding carboxylic acids is 2. The summed E-state index contributed by atoms with van der Waals surface area (Å²) >= 11 is 0. The number of hydrogen-bond donors (Lipinski definition) is 2. The number of H-pyrrole nitrogens is 1. The fraction of sp³-hybridized carbons (Fsp3) is 0.286. The van der Waals surface area contributed by atoms with Crippen LogP contribution in [0, 0.1) is 0 Å². The van der Waals surface area contributed by atoms with Gasteiger partial charge in [0.15, 0.2) is 0 Å². The quantitative estimate of drug-likeness (QED) is 0.806. The smallest absolute Gasteiger partial charge is 0.307 e. The fourth-order valence-corrected chi connectivity index (χ4v) is 1.89. The molecule has 0 atom stereocenters. The highest BCUT2D eigenvalue weighted by Gasteiger charge is 2.10. The predicted octanol–water partition coefficient (Wildman–Crippen LogP) is 1.85. The predicted molar refractivity (Wildman–Crippen MR) is 71.9 cm³/mol. The Labute approximate surface area is 110 Å². The Morgan fingerprint density at radius 1 is 1.32 bits per heavy atom. The third kappa shape index (κ3) is 3.13. The van der Waals surface area contributed by atoms with Crippen LogP contribution in [0.4, 0.5) is 0 Å². The molecule has 2 rings (SSSR count). The van der Waals surface area contributed by atoms with E-state index in [9.17, 15) is 9.59 Å². The van der Waals surface area contributed by atoms with Gasteiger partial charge in [-0.1, -0.05) is 6.07 Å². The average Bonchev–Trinajstić information content (AvgIpc) is 2.86. The van der Waals surface area contributed by atoms with Crippen LogP contribution in [-0.4, -0.2) is 30.0 Å². The second-order valence-electron chi connectivity index (χ2n) is 4.06. The molecule has 0 aliphatic heterocycles. The third-order valence-electron chi connectivity index (χ3n) is 2.76. The van der Waals surface area contributed by atoms with Crippen LogP contribution in [0.5, 0.6) is 0 Å². The molecule has 2 aromatic rings. The van der Waals surface area contributed by atoms with Gasteiger partial charge in [0.25, 0.3) is 5.91 Å². The largest absolute Gasteiger partial charge is 0.466 e. The van der Waals surface area contributed by atoms with Gasteiger partial charge in [0, 0.05) is 29.2 Å². The van der Waals surface area contributed by atoms with Gasteiger partial charge in [0.05, 0.1) is 13.0 Å². The second-order valence-corrected chi connectivity index (χ2v) is 4.06. The average molecular weight is 260 g/mol. The van der Waals surface area contributed by atoms with E-state index in [0.29, 0.717) is 12.2 Å². The van der Waals surface area contributed by atoms with E-state index in [1.165, 1.54) is 0 Å². The van der Waals surface area contributed by atoms with Gasteiger partial charge in [-0.25, -0.2) is 0 Å². The molecule has 5 nitrogen and oxygen atoms in total. The topological polar surface area (TPSA) is 71.2 Å². The number of esters is 1. The van der Waals surface area contributed by atoms with Crippen molar-refractivity contribution < 1.29 is 14.3 Å². The highest BCUT2D eigenvalue weighted by Crippen LogP contribution is 2.16. The van der Waals surface area contributed by atoms with Crippen molar-refractivity contribution in [2.45, 2.75) is 13.3 Å². The van der Waals surface area contributed by atoms with E-state index in [-0.39, 0.29) is 24.8 Å². The minimum Gasteiger partial charge on any atom is -0.466 e. The van der Waals surface area contributed by atoms with Crippen LogP contribution in [0.3, 0.4) is 0 Å². The summed E-state index contributed by atoms with van der Waals surface area (Å²) in [7, 11) is 0. The van der Waals surface area contributed by atoms with Crippen molar-refractivity contribution in [1.29, 1.82) is 0 Å². The van der Waals surface area contributed by atoms with Crippen molar-refractivity contribution in [2.75, 3.05) is 13.2 Å². The molecule has 5 heteroatoms. The summed E-state index contributed by atoms with van der Waals surface area (Å²) in [6, 6.07) is 7.34. The minimum absolute atomic E-state index is 0.183. The van der Waals surface area contributed by atoms with Gasteiger partial charge in [0.1, 0.15) is 0 Å². The lowest BCUT2D eigenvalue weighted by molar-refractivity contribution is -0.142. The lowest BCUT2D eigenvalue weighted by Gasteiger charge is -2.06. The Kier molecular flexibility index (Phi) is 4.18. The molecule has 1 aromatic carbocycles. The van der Waals surface area contributed by atoms with E-state index in [1.54, 1.807) is 19.2 Å². The molecular formula is C14H16N2O3. The van der Waals surface area contributed by atoms with Crippen molar-refractivity contribution in [3.05, 3.63) is 36.0 Å². The fourth-order valence-electron chi connectivity index (χ4n) is 1.89. The molecule has 0 saturated heterocycles. The van der Waals surface area contributed by atoms with Crippen LogP contribution in [0.25, 0.3) is 10.9 Å². The number of hydrogen-bond acceptors (Lipinski definition) is 3. The Hall–Kier alpha value is -2.30. The molecule has 0 aliphatic rings. The molecule has 0 aliphatic carbocycles. The number of amides is 1. The molecule has 0 saturated carbocycles. The summed E-state index contributed by atoms with van der Waals surface area (Å²) in [6.45, 7) is 2.39. The van der Waals surface area contributed by atoms with Crippen LogP contribution < -0.4 is 5.32 Å². The van der Waals surface area contributed by atoms with Gasteiger partial charge in [-0.2, -0.15) is 0 Å². The Bertz CT molecular complexity index is 589. The van der Waals surface area contributed by atoms with Crippen LogP contribution in [0.2, 0.25) is 0 Å². The van der Waals surface area contributed by atoms with Crippen molar-refractivity contribution in [3.63, 3.8) is 0 Å². The van der Waals surface area contributed by atoms with E-state index in [4.69, 9.17) is 4.74 Å². The van der Waals surface area contributed by atoms with Crippen molar-refractivity contribution in [3.8, 4) is 0 Å². The van der Waals surface area contributed by atoms with Gasteiger partial charge in [0.2, 0.25) is 0 Å². The number of carbonyl (C=O) groups is 2. The van der Waals surface area contributed by atoms with Crippen molar-refractivity contribution in [2.24, 2.45) is 0 Å². The number of fused-ring (bicyclic) bond motifs is 1. The van der Waals surface area contributed by atoms with E-state index < -0.39 is 0 Å². The summed E-state index contributed by atoms with van der Waals surface area (Å²) in [5.74, 6) is -0.489. The first-order valence-corrected chi connectivity index (χ1v) is 6.22. The van der Waals surface area contributed by atoms with Crippen LogP contribution in [0.1, 0.15) is 23.7 Å². The Morgan fingerprint density at radius 2 is 2.16 bits per heavy atom. The number of ether oxygens (including phenoxy) is 1. The molecule has 0 spiro atoms. The standard InChI is InChI=1S/C14H16N2O3/c1-2-19-13(17)7-9-16-14(18)11-4-3-5-12-10(11)6-8-15-12/h3-6,8,15H,2,7,9H2,1H3,(H,16,18). The Balaban J connectivity index is 1.97. The number of aromatic amines is 1. The van der Waals surface area contributed by atoms with Gasteiger partial charge in [-0.05, 0) is 25.1 Å². The third-order valence-corrected chi connectivity index (χ3v) is 2.76. The molecule has 0 unspecified atom stereocenters. The molecule has 1 amide bonds. The molecule has 1 aromatic heterocycles. The van der Waals surface area contributed by atoms with Gasteiger partial charge in [-0.15, -0.1) is 0 Å². The SMILES string of the molecule is CCOC(=O)CCNC(=O)c1cccc2[nH]ccc12. The lowest BCUT2D eigenvalue weighted by Crippen LogP contribution is -2.26. The van der Waals surface area contributed by atoms with Gasteiger partial charge in [-0.3, -0.25) is 9.59 Å². The summed E-state index contributed by atoms with van der Waals surface area (Å²) in [5.41, 5.74) is 1.51. The van der Waals surface area contributed by atoms with Gasteiger partial charge < -0.3 is 15.0 Å². The molecule has 0 radical (unpaired) electrons. The maximum absolute atomic E-state index is 12.0. The zero-order valence-electron chi connectivity index (χ0n) is 10.7. The minimum atomic E-state index is -0.303. The molecular weight excluding hydrogens is 244 g/mol. The number of aromatic nitrogens is 1. The molecule has 0 fully saturated rings. The number of benzene rings is 1. The van der Waals surface area contributed by atoms with Crippen LogP contribution in [0.15, 0.2) is 30.5 Å². The zero-order chi connectivity index (χ0) is 13.7. The number of nitrogens with one attached hydrogen (secondary N) is 2. The first-order valence-electron chi connectivity index (χ1n) is 6.22. The van der Waals surface area contributed by atoms with Crippen molar-refractivity contribution in [1.82, 2.24) is 10.3 Å². The van der Waals surface area contributed by atoms with Crippen LogP contribution in [-0.2, 0) is 9.53 Å². The molecule has 100 valence electrons. The summed E-state index contributed by atoms with van der Waals surface area (Å²) in [6.07, 6.45) is 1.97. The van der Waals surface area contributed by atoms with Crippen LogP contribution >= 0.6 is 0 Å². The number of rotatable bonds is 5. The molecule has 19 heavy (non-hydrogen) atoms. The van der Waals surface area contributed by atoms with Gasteiger partial charge >= 0.3 is 5.97 Å². The van der Waals surface area contributed by atoms with E-state index in [0.717, 1.165) is 10.9 Å². The zero-order valence-corrected chi connectivity index (χ0v) is 10.7. The maximum Gasteiger partial charge on any atom is 0.307 e. The van der Waals surface area contributed by atoms with E-state index in [2.05, 4.69) is 10.3 Å². The monoisotopic (exact) mass is 260 g/mol. The normalized spacial score (nSPS) is 10.4. The van der Waals surface area contributed by atoms with E-state index in [1.807, 2.05) is 18.2 Å². The highest BCUT2D eigenvalue weighted by atomic mass is 16.5. The Morgan fingerprint density at radius 3 is 2.95 bits per heavy atom. The molecule has 0 bridgehead atoms. The first kappa shape index (κ1) is 13.1. The lowest BCUT2D eigenvalue weighted by atomic mass is 10.1. The van der Waals surface area contributed by atoms with E-state index >= 15 is 0 Å². The highest BCUT2D eigenvalue weighted by molar-refractivity contribution is 6.06. The molecule has 1 heterocycles. The summed E-state index contributed by atoms with van der Waals surface area (Å²) in [4.78, 5) is 26.2. The van der Waals surface area contributed by atoms with Crippen molar-refractivity contribution >= 4 is 22.8 Å². The summed E-state index contributed by atoms with van der Waals surface area (Å²) in [5, 5.41) is 3.59.